The van der Waals surface area contributed by atoms with E-state index in [0.717, 1.165) is 22.8 Å². The van der Waals surface area contributed by atoms with Crippen LogP contribution in [0.5, 0.6) is 0 Å². The average molecular weight is 407 g/mol. The molecule has 0 fully saturated rings. The Morgan fingerprint density at radius 2 is 1.04 bits per heavy atom. The van der Waals surface area contributed by atoms with Gasteiger partial charge in [-0.2, -0.15) is 0 Å². The summed E-state index contributed by atoms with van der Waals surface area (Å²) >= 11 is 0. The number of aryl methyl sites for hydroxylation is 2. The first-order chi connectivity index (χ1) is 12.2. The molecule has 0 aliphatic rings. The van der Waals surface area contributed by atoms with Crippen LogP contribution in [0.3, 0.4) is 0 Å². The van der Waals surface area contributed by atoms with Gasteiger partial charge in [0.25, 0.3) is 0 Å². The molecular formula is C24H32N2Ni. The second-order valence-electron chi connectivity index (χ2n) is 7.73. The largest absolute Gasteiger partial charge is 0.251 e. The third-order valence-electron chi connectivity index (χ3n) is 4.86. The first-order valence-electron chi connectivity index (χ1n) is 9.52. The number of para-hydroxylation sites is 2. The summed E-state index contributed by atoms with van der Waals surface area (Å²) < 4.78 is 0. The van der Waals surface area contributed by atoms with Crippen molar-refractivity contribution in [3.05, 3.63) is 58.7 Å². The van der Waals surface area contributed by atoms with Gasteiger partial charge in [0.05, 0.1) is 22.8 Å². The van der Waals surface area contributed by atoms with Crippen molar-refractivity contribution in [3.63, 3.8) is 0 Å². The van der Waals surface area contributed by atoms with Crippen molar-refractivity contribution in [1.29, 1.82) is 0 Å². The number of rotatable bonds is 5. The van der Waals surface area contributed by atoms with Gasteiger partial charge in [-0.3, -0.25) is 9.98 Å². The molecule has 0 unspecified atom stereocenters. The summed E-state index contributed by atoms with van der Waals surface area (Å²) in [6, 6.07) is 12.8. The summed E-state index contributed by atoms with van der Waals surface area (Å²) in [6.07, 6.45) is 0. The fraction of sp³-hybridized carbons (Fsp3) is 0.417. The molecule has 2 nitrogen and oxygen atoms in total. The Balaban J connectivity index is 0.00000364. The molecule has 3 heteroatoms. The molecule has 2 aromatic carbocycles. The summed E-state index contributed by atoms with van der Waals surface area (Å²) in [4.78, 5) is 9.93. The topological polar surface area (TPSA) is 24.7 Å². The molecule has 148 valence electrons. The molecule has 2 rings (SSSR count). The fourth-order valence-corrected chi connectivity index (χ4v) is 3.12. The van der Waals surface area contributed by atoms with Crippen molar-refractivity contribution in [1.82, 2.24) is 0 Å². The third kappa shape index (κ3) is 5.62. The molecule has 0 aliphatic heterocycles. The zero-order valence-corrected chi connectivity index (χ0v) is 18.8. The zero-order valence-electron chi connectivity index (χ0n) is 17.8. The van der Waals surface area contributed by atoms with Gasteiger partial charge in [0.15, 0.2) is 0 Å². The van der Waals surface area contributed by atoms with Crippen LogP contribution in [0.2, 0.25) is 0 Å². The fourth-order valence-electron chi connectivity index (χ4n) is 3.12. The van der Waals surface area contributed by atoms with E-state index in [1.54, 1.807) is 0 Å². The SMILES string of the molecule is CC(=Nc1c(C)cccc1C)C(C)=Nc1c(C(C)C)cccc1C(C)C.[Ni]. The van der Waals surface area contributed by atoms with Crippen LogP contribution < -0.4 is 0 Å². The van der Waals surface area contributed by atoms with E-state index >= 15 is 0 Å². The van der Waals surface area contributed by atoms with Gasteiger partial charge in [-0.15, -0.1) is 0 Å². The Hall–Kier alpha value is -1.73. The van der Waals surface area contributed by atoms with E-state index < -0.39 is 0 Å². The van der Waals surface area contributed by atoms with E-state index in [9.17, 15) is 0 Å². The van der Waals surface area contributed by atoms with E-state index in [0.29, 0.717) is 11.8 Å². The van der Waals surface area contributed by atoms with Crippen LogP contribution in [0.4, 0.5) is 11.4 Å². The molecule has 0 aromatic heterocycles. The number of hydrogen-bond acceptors (Lipinski definition) is 2. The standard InChI is InChI=1S/C24H32N2.Ni/c1-15(2)21-13-10-14-22(16(3)4)24(21)26-20(8)19(7)25-23-17(5)11-9-12-18(23)6;/h9-16H,1-8H3;. The molecule has 0 saturated carbocycles. The van der Waals surface area contributed by atoms with Gasteiger partial charge in [-0.1, -0.05) is 64.1 Å². The van der Waals surface area contributed by atoms with Gasteiger partial charge < -0.3 is 0 Å². The predicted octanol–water partition coefficient (Wildman–Crippen LogP) is 7.43. The Labute approximate surface area is 175 Å². The Kier molecular flexibility index (Phi) is 8.63. The van der Waals surface area contributed by atoms with Crippen LogP contribution in [-0.2, 0) is 16.5 Å². The second-order valence-corrected chi connectivity index (χ2v) is 7.73. The van der Waals surface area contributed by atoms with Gasteiger partial charge in [0, 0.05) is 16.5 Å². The van der Waals surface area contributed by atoms with Crippen molar-refractivity contribution >= 4 is 22.8 Å². The van der Waals surface area contributed by atoms with Crippen LogP contribution in [0.25, 0.3) is 0 Å². The first-order valence-corrected chi connectivity index (χ1v) is 9.52. The van der Waals surface area contributed by atoms with Crippen molar-refractivity contribution in [3.8, 4) is 0 Å². The molecule has 0 bridgehead atoms. The maximum atomic E-state index is 5.04. The molecule has 0 atom stereocenters. The van der Waals surface area contributed by atoms with Crippen LogP contribution in [0.1, 0.15) is 75.6 Å². The minimum absolute atomic E-state index is 0. The van der Waals surface area contributed by atoms with E-state index in [4.69, 9.17) is 9.98 Å². The Bertz CT molecular complexity index is 799. The molecule has 0 saturated heterocycles. The molecule has 0 spiro atoms. The summed E-state index contributed by atoms with van der Waals surface area (Å²) in [5.74, 6) is 0.882. The first kappa shape index (κ1) is 23.3. The van der Waals surface area contributed by atoms with Crippen molar-refractivity contribution in [2.75, 3.05) is 0 Å². The quantitative estimate of drug-likeness (QED) is 0.364. The monoisotopic (exact) mass is 406 g/mol. The van der Waals surface area contributed by atoms with Crippen molar-refractivity contribution in [2.24, 2.45) is 9.98 Å². The minimum atomic E-state index is 0. The summed E-state index contributed by atoms with van der Waals surface area (Å²) in [6.45, 7) is 17.2. The number of hydrogen-bond donors (Lipinski definition) is 0. The van der Waals surface area contributed by atoms with E-state index in [1.165, 1.54) is 22.3 Å². The molecule has 2 aromatic rings. The predicted molar refractivity (Wildman–Crippen MR) is 116 cm³/mol. The minimum Gasteiger partial charge on any atom is -0.251 e. The molecule has 0 heterocycles. The summed E-state index contributed by atoms with van der Waals surface area (Å²) in [5.41, 5.74) is 9.11. The van der Waals surface area contributed by atoms with Crippen molar-refractivity contribution < 1.29 is 16.5 Å². The summed E-state index contributed by atoms with van der Waals surface area (Å²) in [5, 5.41) is 0. The van der Waals surface area contributed by atoms with E-state index in [-0.39, 0.29) is 16.5 Å². The van der Waals surface area contributed by atoms with Gasteiger partial charge in [-0.25, -0.2) is 0 Å². The zero-order chi connectivity index (χ0) is 19.4. The summed E-state index contributed by atoms with van der Waals surface area (Å²) in [7, 11) is 0. The van der Waals surface area contributed by atoms with Gasteiger partial charge in [0.2, 0.25) is 0 Å². The molecule has 0 radical (unpaired) electrons. The van der Waals surface area contributed by atoms with Crippen LogP contribution in [-0.4, -0.2) is 11.4 Å². The normalized spacial score (nSPS) is 12.5. The second kappa shape index (κ2) is 9.99. The molecule has 0 aliphatic carbocycles. The molecule has 27 heavy (non-hydrogen) atoms. The van der Waals surface area contributed by atoms with Gasteiger partial charge >= 0.3 is 0 Å². The Morgan fingerprint density at radius 1 is 0.667 bits per heavy atom. The average Bonchev–Trinajstić information content (AvgIpc) is 2.57. The maximum Gasteiger partial charge on any atom is 0.0702 e. The smallest absolute Gasteiger partial charge is 0.0702 e. The van der Waals surface area contributed by atoms with Crippen molar-refractivity contribution in [2.45, 2.75) is 67.2 Å². The van der Waals surface area contributed by atoms with E-state index in [1.807, 2.05) is 0 Å². The van der Waals surface area contributed by atoms with Crippen LogP contribution in [0, 0.1) is 13.8 Å². The number of aliphatic imine (C=N–C) groups is 2. The van der Waals surface area contributed by atoms with Crippen LogP contribution >= 0.6 is 0 Å². The van der Waals surface area contributed by atoms with E-state index in [2.05, 4.69) is 91.8 Å². The maximum absolute atomic E-state index is 5.04. The molecular weight excluding hydrogens is 375 g/mol. The number of nitrogens with zero attached hydrogens (tertiary/aromatic N) is 2. The van der Waals surface area contributed by atoms with Gasteiger partial charge in [0.1, 0.15) is 0 Å². The number of benzene rings is 2. The van der Waals surface area contributed by atoms with Gasteiger partial charge in [-0.05, 0) is 61.8 Å². The Morgan fingerprint density at radius 3 is 1.44 bits per heavy atom. The molecule has 0 N–H and O–H groups in total. The molecule has 0 amide bonds. The third-order valence-corrected chi connectivity index (χ3v) is 4.86. The van der Waals surface area contributed by atoms with Crippen LogP contribution in [0.15, 0.2) is 46.4 Å².